The summed E-state index contributed by atoms with van der Waals surface area (Å²) in [5.41, 5.74) is 6.53. The summed E-state index contributed by atoms with van der Waals surface area (Å²) < 4.78 is 0. The Morgan fingerprint density at radius 1 is 1.58 bits per heavy atom. The first kappa shape index (κ1) is 13.5. The zero-order valence-corrected chi connectivity index (χ0v) is 10.7. The van der Waals surface area contributed by atoms with Gasteiger partial charge in [-0.25, -0.2) is 0 Å². The smallest absolute Gasteiger partial charge is 0.255 e. The standard InChI is InChI=1S/C14H17N3O2/c15-4-1-2-11-6-13(8-16-7-11)14(19)17-5-3-12(9-17)10-18/h6-8,12,18H,3-5,9-10,15H2. The van der Waals surface area contributed by atoms with Crippen LogP contribution in [-0.2, 0) is 0 Å². The van der Waals surface area contributed by atoms with E-state index in [0.717, 1.165) is 6.42 Å². The lowest BCUT2D eigenvalue weighted by molar-refractivity contribution is 0.0781. The Morgan fingerprint density at radius 3 is 3.11 bits per heavy atom. The predicted octanol–water partition coefficient (Wildman–Crippen LogP) is -0.154. The lowest BCUT2D eigenvalue weighted by atomic mass is 10.1. The molecule has 1 amide bonds. The average Bonchev–Trinajstić information content (AvgIpc) is 2.93. The largest absolute Gasteiger partial charge is 0.396 e. The fourth-order valence-electron chi connectivity index (χ4n) is 2.13. The summed E-state index contributed by atoms with van der Waals surface area (Å²) in [6, 6.07) is 1.73. The van der Waals surface area contributed by atoms with Crippen LogP contribution in [0, 0.1) is 17.8 Å². The van der Waals surface area contributed by atoms with Gasteiger partial charge in [-0.2, -0.15) is 0 Å². The van der Waals surface area contributed by atoms with Crippen LogP contribution in [0.25, 0.3) is 0 Å². The molecule has 0 spiro atoms. The van der Waals surface area contributed by atoms with Gasteiger partial charge in [0.25, 0.3) is 5.91 Å². The van der Waals surface area contributed by atoms with Gasteiger partial charge in [-0.15, -0.1) is 0 Å². The number of carbonyl (C=O) groups excluding carboxylic acids is 1. The van der Waals surface area contributed by atoms with Gasteiger partial charge < -0.3 is 15.7 Å². The van der Waals surface area contributed by atoms with Crippen molar-refractivity contribution >= 4 is 5.91 Å². The number of aliphatic hydroxyl groups is 1. The molecule has 0 saturated carbocycles. The van der Waals surface area contributed by atoms with Crippen molar-refractivity contribution in [1.82, 2.24) is 9.88 Å². The van der Waals surface area contributed by atoms with Gasteiger partial charge in [0.1, 0.15) is 0 Å². The molecule has 0 bridgehead atoms. The number of rotatable bonds is 2. The van der Waals surface area contributed by atoms with E-state index in [1.807, 2.05) is 0 Å². The van der Waals surface area contributed by atoms with E-state index in [-0.39, 0.29) is 25.0 Å². The fourth-order valence-corrected chi connectivity index (χ4v) is 2.13. The molecule has 1 aromatic rings. The van der Waals surface area contributed by atoms with Gasteiger partial charge in [-0.3, -0.25) is 9.78 Å². The van der Waals surface area contributed by atoms with Gasteiger partial charge in [0.2, 0.25) is 0 Å². The van der Waals surface area contributed by atoms with E-state index >= 15 is 0 Å². The third-order valence-electron chi connectivity index (χ3n) is 3.15. The van der Waals surface area contributed by atoms with E-state index in [1.165, 1.54) is 0 Å². The molecular formula is C14H17N3O2. The number of carbonyl (C=O) groups is 1. The highest BCUT2D eigenvalue weighted by Gasteiger charge is 2.26. The Hall–Kier alpha value is -1.90. The molecule has 1 aromatic heterocycles. The van der Waals surface area contributed by atoms with Crippen molar-refractivity contribution < 1.29 is 9.90 Å². The maximum atomic E-state index is 12.3. The van der Waals surface area contributed by atoms with Crippen LogP contribution in [0.4, 0.5) is 0 Å². The molecule has 19 heavy (non-hydrogen) atoms. The number of nitrogens with two attached hydrogens (primary N) is 1. The monoisotopic (exact) mass is 259 g/mol. The Morgan fingerprint density at radius 2 is 2.42 bits per heavy atom. The van der Waals surface area contributed by atoms with Crippen LogP contribution in [0.1, 0.15) is 22.3 Å². The molecule has 5 nitrogen and oxygen atoms in total. The summed E-state index contributed by atoms with van der Waals surface area (Å²) in [5.74, 6) is 5.73. The number of hydrogen-bond acceptors (Lipinski definition) is 4. The van der Waals surface area contributed by atoms with Crippen LogP contribution in [0.2, 0.25) is 0 Å². The first-order chi connectivity index (χ1) is 9.24. The number of nitrogens with zero attached hydrogens (tertiary/aromatic N) is 2. The maximum Gasteiger partial charge on any atom is 0.255 e. The number of aliphatic hydroxyl groups excluding tert-OH is 1. The maximum absolute atomic E-state index is 12.3. The molecule has 5 heteroatoms. The topological polar surface area (TPSA) is 79.5 Å². The second-order valence-corrected chi connectivity index (χ2v) is 4.56. The minimum Gasteiger partial charge on any atom is -0.396 e. The Balaban J connectivity index is 2.11. The molecule has 1 aliphatic rings. The molecule has 0 aliphatic carbocycles. The van der Waals surface area contributed by atoms with Crippen molar-refractivity contribution in [2.24, 2.45) is 11.7 Å². The normalized spacial score (nSPS) is 18.0. The minimum absolute atomic E-state index is 0.0557. The van der Waals surface area contributed by atoms with Gasteiger partial charge in [0.15, 0.2) is 0 Å². The molecule has 0 radical (unpaired) electrons. The molecule has 1 unspecified atom stereocenters. The van der Waals surface area contributed by atoms with E-state index in [4.69, 9.17) is 10.8 Å². The summed E-state index contributed by atoms with van der Waals surface area (Å²) in [4.78, 5) is 18.0. The van der Waals surface area contributed by atoms with Crippen molar-refractivity contribution in [3.05, 3.63) is 29.6 Å². The zero-order chi connectivity index (χ0) is 13.7. The molecule has 2 heterocycles. The van der Waals surface area contributed by atoms with E-state index < -0.39 is 0 Å². The lowest BCUT2D eigenvalue weighted by Crippen LogP contribution is -2.29. The molecule has 100 valence electrons. The summed E-state index contributed by atoms with van der Waals surface area (Å²) in [6.45, 7) is 1.70. The van der Waals surface area contributed by atoms with Crippen LogP contribution in [0.15, 0.2) is 18.5 Å². The fraction of sp³-hybridized carbons (Fsp3) is 0.429. The Kier molecular flexibility index (Phi) is 4.50. The number of amides is 1. The second kappa shape index (κ2) is 6.32. The molecule has 2 rings (SSSR count). The molecule has 0 aromatic carbocycles. The first-order valence-electron chi connectivity index (χ1n) is 6.28. The number of likely N-dealkylation sites (tertiary alicyclic amines) is 1. The summed E-state index contributed by atoms with van der Waals surface area (Å²) >= 11 is 0. The van der Waals surface area contributed by atoms with Crippen LogP contribution in [0.5, 0.6) is 0 Å². The van der Waals surface area contributed by atoms with Crippen molar-refractivity contribution in [3.8, 4) is 11.8 Å². The highest BCUT2D eigenvalue weighted by molar-refractivity contribution is 5.94. The van der Waals surface area contributed by atoms with Gasteiger partial charge >= 0.3 is 0 Å². The first-order valence-corrected chi connectivity index (χ1v) is 6.28. The minimum atomic E-state index is -0.0557. The number of pyridine rings is 1. The van der Waals surface area contributed by atoms with Gasteiger partial charge in [0.05, 0.1) is 12.1 Å². The van der Waals surface area contributed by atoms with Crippen LogP contribution in [-0.4, -0.2) is 47.1 Å². The molecule has 1 atom stereocenters. The molecule has 1 fully saturated rings. The molecule has 1 saturated heterocycles. The average molecular weight is 259 g/mol. The van der Waals surface area contributed by atoms with Crippen molar-refractivity contribution in [2.75, 3.05) is 26.2 Å². The van der Waals surface area contributed by atoms with Crippen LogP contribution >= 0.6 is 0 Å². The SMILES string of the molecule is NCC#Cc1cncc(C(=O)N2CCC(CO)C2)c1. The van der Waals surface area contributed by atoms with E-state index in [9.17, 15) is 4.79 Å². The van der Waals surface area contributed by atoms with E-state index in [1.54, 1.807) is 23.4 Å². The molecule has 3 N–H and O–H groups in total. The predicted molar refractivity (Wildman–Crippen MR) is 71.3 cm³/mol. The zero-order valence-electron chi connectivity index (χ0n) is 10.7. The molecular weight excluding hydrogens is 242 g/mol. The van der Waals surface area contributed by atoms with Crippen molar-refractivity contribution in [3.63, 3.8) is 0 Å². The van der Waals surface area contributed by atoms with Crippen molar-refractivity contribution in [2.45, 2.75) is 6.42 Å². The summed E-state index contributed by atoms with van der Waals surface area (Å²) in [7, 11) is 0. The quantitative estimate of drug-likeness (QED) is 0.724. The van der Waals surface area contributed by atoms with Crippen molar-refractivity contribution in [1.29, 1.82) is 0 Å². The van der Waals surface area contributed by atoms with Gasteiger partial charge in [0, 0.05) is 43.6 Å². The summed E-state index contributed by atoms with van der Waals surface area (Å²) in [5, 5.41) is 9.10. The lowest BCUT2D eigenvalue weighted by Gasteiger charge is -2.15. The van der Waals surface area contributed by atoms with Crippen LogP contribution in [0.3, 0.4) is 0 Å². The summed E-state index contributed by atoms with van der Waals surface area (Å²) in [6.07, 6.45) is 4.00. The van der Waals surface area contributed by atoms with Crippen LogP contribution < -0.4 is 5.73 Å². The Labute approximate surface area is 112 Å². The van der Waals surface area contributed by atoms with E-state index in [0.29, 0.717) is 24.2 Å². The van der Waals surface area contributed by atoms with E-state index in [2.05, 4.69) is 16.8 Å². The van der Waals surface area contributed by atoms with Gasteiger partial charge in [-0.05, 0) is 12.5 Å². The van der Waals surface area contributed by atoms with Gasteiger partial charge in [-0.1, -0.05) is 11.8 Å². The molecule has 1 aliphatic heterocycles. The highest BCUT2D eigenvalue weighted by Crippen LogP contribution is 2.18. The third-order valence-corrected chi connectivity index (χ3v) is 3.15. The number of hydrogen-bond donors (Lipinski definition) is 2. The second-order valence-electron chi connectivity index (χ2n) is 4.56. The Bertz CT molecular complexity index is 519. The third kappa shape index (κ3) is 3.31. The highest BCUT2D eigenvalue weighted by atomic mass is 16.3. The number of aromatic nitrogens is 1.